The molecule has 0 fully saturated rings. The number of halogens is 1. The summed E-state index contributed by atoms with van der Waals surface area (Å²) in [5.74, 6) is -1.39. The second kappa shape index (κ2) is 22.7. The number of pyridine rings is 1. The van der Waals surface area contributed by atoms with Crippen LogP contribution >= 0.6 is 33.2 Å². The molecule has 2 heterocycles. The van der Waals surface area contributed by atoms with Crippen LogP contribution in [0.4, 0.5) is 16.2 Å². The molecule has 19 heteroatoms. The van der Waals surface area contributed by atoms with Crippen molar-refractivity contribution in [3.8, 4) is 5.75 Å². The molecule has 4 N–H and O–H groups in total. The molecule has 0 spiro atoms. The van der Waals surface area contributed by atoms with E-state index in [0.717, 1.165) is 17.3 Å². The van der Waals surface area contributed by atoms with Gasteiger partial charge in [-0.25, -0.2) is 14.6 Å². The first kappa shape index (κ1) is 48.0. The Hall–Kier alpha value is -4.36. The average Bonchev–Trinajstić information content (AvgIpc) is 3.17. The highest BCUT2D eigenvalue weighted by Gasteiger charge is 2.38. The number of allylic oxidation sites excluding steroid dienone is 3. The summed E-state index contributed by atoms with van der Waals surface area (Å²) in [4.78, 5) is 67.9. The van der Waals surface area contributed by atoms with E-state index in [1.54, 1.807) is 30.4 Å². The number of anilines is 1. The number of hydrogen-bond donors (Lipinski definition) is 4. The number of likely N-dealkylation sites (N-methyl/N-ethyl adjacent to an activating group) is 1. The van der Waals surface area contributed by atoms with E-state index >= 15 is 0 Å². The number of hydrogen-bond acceptors (Lipinski definition) is 13. The van der Waals surface area contributed by atoms with Crippen LogP contribution in [0.2, 0.25) is 5.02 Å². The molecule has 2 aromatic rings. The molecule has 2 bridgehead atoms. The molecule has 318 valence electrons. The van der Waals surface area contributed by atoms with Crippen molar-refractivity contribution in [3.63, 3.8) is 0 Å². The highest BCUT2D eigenvalue weighted by Crippen LogP contribution is 2.36. The highest BCUT2D eigenvalue weighted by molar-refractivity contribution is 8.76. The molecular weight excluding hydrogens is 814 g/mol. The number of ether oxygens (including phenoxy) is 3. The third-order valence-corrected chi connectivity index (χ3v) is 12.3. The molecule has 3 rings (SSSR count). The highest BCUT2D eigenvalue weighted by atomic mass is 35.5. The van der Waals surface area contributed by atoms with E-state index in [1.165, 1.54) is 66.8 Å². The first-order chi connectivity index (χ1) is 27.4. The van der Waals surface area contributed by atoms with Crippen LogP contribution in [0.5, 0.6) is 5.75 Å². The first-order valence-corrected chi connectivity index (χ1v) is 21.2. The Bertz CT molecular complexity index is 1830. The van der Waals surface area contributed by atoms with Gasteiger partial charge in [-0.3, -0.25) is 25.0 Å². The van der Waals surface area contributed by atoms with Gasteiger partial charge in [0.15, 0.2) is 5.72 Å². The van der Waals surface area contributed by atoms with Gasteiger partial charge >= 0.3 is 12.1 Å². The van der Waals surface area contributed by atoms with Gasteiger partial charge in [-0.05, 0) is 85.9 Å². The normalized spacial score (nSPS) is 23.9. The van der Waals surface area contributed by atoms with E-state index < -0.39 is 52.8 Å². The number of nitrogens with zero attached hydrogens (tertiary/aromatic N) is 3. The van der Waals surface area contributed by atoms with E-state index in [0.29, 0.717) is 41.5 Å². The third-order valence-electron chi connectivity index (χ3n) is 9.66. The van der Waals surface area contributed by atoms with Gasteiger partial charge in [-0.1, -0.05) is 60.0 Å². The molecular formula is C39H52ClN5O11S2. The Morgan fingerprint density at radius 1 is 1.24 bits per heavy atom. The fraction of sp³-hybridized carbons (Fsp3) is 0.513. The molecule has 0 saturated heterocycles. The van der Waals surface area contributed by atoms with Crippen molar-refractivity contribution in [2.45, 2.75) is 95.2 Å². The summed E-state index contributed by atoms with van der Waals surface area (Å²) in [6.45, 7) is 7.14. The van der Waals surface area contributed by atoms with Gasteiger partial charge in [-0.15, -0.1) is 0 Å². The smallest absolute Gasteiger partial charge is 0.406 e. The second-order valence-corrected chi connectivity index (χ2v) is 17.1. The lowest BCUT2D eigenvalue weighted by molar-refractivity contribution is -0.385. The van der Waals surface area contributed by atoms with Gasteiger partial charge < -0.3 is 34.6 Å². The zero-order chi connectivity index (χ0) is 43.2. The summed E-state index contributed by atoms with van der Waals surface area (Å²) < 4.78 is 17.0. The molecule has 0 saturated carbocycles. The van der Waals surface area contributed by atoms with Crippen molar-refractivity contribution in [2.75, 3.05) is 32.3 Å². The largest absolute Gasteiger partial charge is 0.495 e. The minimum atomic E-state index is -1.98. The fourth-order valence-electron chi connectivity index (χ4n) is 6.26. The Morgan fingerprint density at radius 2 is 1.97 bits per heavy atom. The molecule has 0 aliphatic carbocycles. The van der Waals surface area contributed by atoms with Gasteiger partial charge in [0.1, 0.15) is 40.2 Å². The molecule has 5 unspecified atom stereocenters. The van der Waals surface area contributed by atoms with Crippen LogP contribution in [-0.2, 0) is 30.3 Å². The zero-order valence-corrected chi connectivity index (χ0v) is 35.9. The van der Waals surface area contributed by atoms with Crippen LogP contribution in [0.1, 0.15) is 65.4 Å². The van der Waals surface area contributed by atoms with Crippen molar-refractivity contribution in [1.29, 1.82) is 0 Å². The molecule has 0 radical (unpaired) electrons. The third kappa shape index (κ3) is 14.5. The maximum Gasteiger partial charge on any atom is 0.406 e. The summed E-state index contributed by atoms with van der Waals surface area (Å²) >= 11 is 6.63. The molecule has 1 aromatic heterocycles. The van der Waals surface area contributed by atoms with Crippen LogP contribution < -0.4 is 15.4 Å². The van der Waals surface area contributed by atoms with Crippen molar-refractivity contribution in [2.24, 2.45) is 11.8 Å². The number of esters is 1. The molecule has 16 nitrogen and oxygen atoms in total. The second-order valence-electron chi connectivity index (χ2n) is 14.3. The minimum absolute atomic E-state index is 0.0150. The van der Waals surface area contributed by atoms with Crippen LogP contribution in [0.3, 0.4) is 0 Å². The molecule has 58 heavy (non-hydrogen) atoms. The number of nitrogens with one attached hydrogen (secondary N) is 2. The maximum absolute atomic E-state index is 13.7. The minimum Gasteiger partial charge on any atom is -0.495 e. The van der Waals surface area contributed by atoms with Crippen molar-refractivity contribution in [1.82, 2.24) is 15.2 Å². The molecule has 1 aromatic carbocycles. The van der Waals surface area contributed by atoms with Crippen molar-refractivity contribution in [3.05, 3.63) is 75.0 Å². The lowest BCUT2D eigenvalue weighted by Crippen LogP contribution is -2.56. The number of carbonyl (C=O) groups excluding carboxylic acids is 3. The number of methoxy groups -OCH3 is 2. The van der Waals surface area contributed by atoms with Gasteiger partial charge in [0.2, 0.25) is 11.8 Å². The summed E-state index contributed by atoms with van der Waals surface area (Å²) in [7, 11) is 6.92. The predicted octanol–water partition coefficient (Wildman–Crippen LogP) is 7.04. The number of carbonyl (C=O) groups is 4. The summed E-state index contributed by atoms with van der Waals surface area (Å²) in [6.07, 6.45) is 3.78. The Morgan fingerprint density at radius 3 is 2.59 bits per heavy atom. The lowest BCUT2D eigenvalue weighted by Gasteiger charge is -2.35. The zero-order valence-electron chi connectivity index (χ0n) is 33.6. The number of benzene rings is 1. The van der Waals surface area contributed by atoms with Gasteiger partial charge in [0, 0.05) is 32.4 Å². The first-order valence-electron chi connectivity index (χ1n) is 18.5. The molecule has 1 aliphatic heterocycles. The van der Waals surface area contributed by atoms with E-state index in [4.69, 9.17) is 25.8 Å². The predicted molar refractivity (Wildman–Crippen MR) is 223 cm³/mol. The topological polar surface area (TPSA) is 220 Å². The van der Waals surface area contributed by atoms with Gasteiger partial charge in [-0.2, -0.15) is 0 Å². The van der Waals surface area contributed by atoms with Crippen LogP contribution in [-0.4, -0.2) is 99.9 Å². The number of rotatable bonds is 12. The lowest BCUT2D eigenvalue weighted by atomic mass is 9.86. The number of amides is 3. The summed E-state index contributed by atoms with van der Waals surface area (Å²) in [5.41, 5.74) is -0.161. The Kier molecular flexibility index (Phi) is 18.8. The van der Waals surface area contributed by atoms with Crippen molar-refractivity contribution >= 4 is 68.4 Å². The van der Waals surface area contributed by atoms with Crippen LogP contribution in [0.25, 0.3) is 0 Å². The monoisotopic (exact) mass is 865 g/mol. The fourth-order valence-corrected chi connectivity index (χ4v) is 8.34. The molecule has 6 atom stereocenters. The standard InChI is InChI=1S/C39H52ClN5O11S2/c1-23-9-8-10-32(55-7)39(51,43-38(49)50)15-13-24(2)17-25(3)30(21-33(46)42-29-19-27(18-23)20-31(54-6)36(29)40)56-37(48)26(4)44(5)35(47)14-16-57-58-34-12-11-28(22-41-34)45(52)53/h8-12,19-20,22,24-26,30,32,43,51H,13-18,21H2,1-7H3,(H,42,46)(H,49,50)/b10-8+,23-9+/t24?,25?,26-,30?,32?,39?/m0/s1. The maximum atomic E-state index is 13.7. The van der Waals surface area contributed by atoms with Crippen molar-refractivity contribution < 1.29 is 48.5 Å². The van der Waals surface area contributed by atoms with Gasteiger partial charge in [0.05, 0.1) is 24.1 Å². The number of fused-ring (bicyclic) bond motifs is 2. The molecule has 3 amide bonds. The summed E-state index contributed by atoms with van der Waals surface area (Å²) in [6, 6.07) is 5.33. The molecule has 1 aliphatic rings. The van der Waals surface area contributed by atoms with Gasteiger partial charge in [0.25, 0.3) is 5.69 Å². The number of nitro groups is 1. The summed E-state index contributed by atoms with van der Waals surface area (Å²) in [5, 5.41) is 37.9. The van der Waals surface area contributed by atoms with E-state index in [2.05, 4.69) is 15.6 Å². The van der Waals surface area contributed by atoms with Crippen LogP contribution in [0.15, 0.2) is 59.3 Å². The Labute approximate surface area is 351 Å². The Balaban J connectivity index is 1.83. The average molecular weight is 866 g/mol. The van der Waals surface area contributed by atoms with E-state index in [1.807, 2.05) is 20.8 Å². The van der Waals surface area contributed by atoms with Crippen LogP contribution in [0, 0.1) is 22.0 Å². The quantitative estimate of drug-likeness (QED) is 0.0420. The number of aromatic nitrogens is 1. The number of carboxylic acid groups (broad SMARTS) is 1. The van der Waals surface area contributed by atoms with E-state index in [-0.39, 0.29) is 41.8 Å². The number of aliphatic hydroxyl groups is 1. The SMILES string of the molecule is COc1cc2cc(c1Cl)NC(=O)CC(OC(=O)[C@H](C)N(C)C(=O)CCSSc1ccc([N+](=O)[O-])cn1)C(C)CC(C)CCC(O)(NC(=O)O)C(OC)/C=C/C=C(\C)C2. The van der Waals surface area contributed by atoms with E-state index in [9.17, 15) is 39.5 Å².